The van der Waals surface area contributed by atoms with Crippen LogP contribution in [0.3, 0.4) is 0 Å². The highest BCUT2D eigenvalue weighted by molar-refractivity contribution is 6.17. The van der Waals surface area contributed by atoms with Crippen LogP contribution in [0.2, 0.25) is 0 Å². The van der Waals surface area contributed by atoms with Crippen molar-refractivity contribution in [3.05, 3.63) is 29.8 Å². The third kappa shape index (κ3) is 2.95. The summed E-state index contributed by atoms with van der Waals surface area (Å²) in [5.41, 5.74) is 2.51. The van der Waals surface area contributed by atoms with Gasteiger partial charge in [0.25, 0.3) is 0 Å². The van der Waals surface area contributed by atoms with E-state index in [1.807, 2.05) is 0 Å². The predicted molar refractivity (Wildman–Crippen MR) is 75.8 cm³/mol. The second-order valence-corrected chi connectivity index (χ2v) is 5.51. The van der Waals surface area contributed by atoms with Gasteiger partial charge in [0, 0.05) is 24.7 Å². The fourth-order valence-corrected chi connectivity index (χ4v) is 3.06. The molecule has 1 nitrogen and oxygen atoms in total. The van der Waals surface area contributed by atoms with Gasteiger partial charge in [-0.05, 0) is 36.5 Å². The molecule has 2 unspecified atom stereocenters. The molecule has 0 aromatic heterocycles. The van der Waals surface area contributed by atoms with Gasteiger partial charge < -0.3 is 4.90 Å². The van der Waals surface area contributed by atoms with Crippen LogP contribution in [-0.4, -0.2) is 13.1 Å². The molecule has 2 rings (SSSR count). The van der Waals surface area contributed by atoms with Gasteiger partial charge in [0.15, 0.2) is 0 Å². The number of anilines is 1. The van der Waals surface area contributed by atoms with E-state index in [1.165, 1.54) is 36.9 Å². The van der Waals surface area contributed by atoms with Crippen LogP contribution in [0.5, 0.6) is 0 Å². The Morgan fingerprint density at radius 3 is 2.41 bits per heavy atom. The largest absolute Gasteiger partial charge is 0.371 e. The van der Waals surface area contributed by atoms with Gasteiger partial charge in [0.05, 0.1) is 0 Å². The molecule has 1 aromatic rings. The van der Waals surface area contributed by atoms with Crippen LogP contribution in [-0.2, 0) is 5.88 Å². The average molecular weight is 252 g/mol. The molecule has 0 radical (unpaired) electrons. The Hall–Kier alpha value is -0.690. The first-order valence-electron chi connectivity index (χ1n) is 6.60. The molecule has 2 heteroatoms. The molecule has 0 N–H and O–H groups in total. The first-order chi connectivity index (χ1) is 8.22. The van der Waals surface area contributed by atoms with E-state index >= 15 is 0 Å². The molecule has 2 atom stereocenters. The van der Waals surface area contributed by atoms with Crippen molar-refractivity contribution in [1.82, 2.24) is 0 Å². The minimum Gasteiger partial charge on any atom is -0.371 e. The molecular weight excluding hydrogens is 230 g/mol. The topological polar surface area (TPSA) is 3.24 Å². The quantitative estimate of drug-likeness (QED) is 0.718. The zero-order valence-corrected chi connectivity index (χ0v) is 11.6. The second-order valence-electron chi connectivity index (χ2n) is 5.24. The van der Waals surface area contributed by atoms with Gasteiger partial charge in [-0.1, -0.05) is 31.9 Å². The Labute approximate surface area is 110 Å². The van der Waals surface area contributed by atoms with Crippen molar-refractivity contribution in [3.63, 3.8) is 0 Å². The highest BCUT2D eigenvalue weighted by Crippen LogP contribution is 2.30. The zero-order valence-electron chi connectivity index (χ0n) is 10.8. The molecule has 0 saturated heterocycles. The Bertz CT molecular complexity index is 346. The van der Waals surface area contributed by atoms with Crippen molar-refractivity contribution in [1.29, 1.82) is 0 Å². The van der Waals surface area contributed by atoms with Gasteiger partial charge in [-0.25, -0.2) is 0 Å². The van der Waals surface area contributed by atoms with Gasteiger partial charge in [0.1, 0.15) is 0 Å². The Kier molecular flexibility index (Phi) is 4.33. The molecule has 0 bridgehead atoms. The lowest BCUT2D eigenvalue weighted by molar-refractivity contribution is 0.321. The number of halogens is 1. The minimum absolute atomic E-state index is 0.601. The summed E-state index contributed by atoms with van der Waals surface area (Å²) in [6.45, 7) is 2.38. The number of hydrogen-bond donors (Lipinski definition) is 0. The van der Waals surface area contributed by atoms with E-state index in [0.29, 0.717) is 11.9 Å². The molecule has 0 spiro atoms. The fraction of sp³-hybridized carbons (Fsp3) is 0.600. The Morgan fingerprint density at radius 1 is 1.18 bits per heavy atom. The summed E-state index contributed by atoms with van der Waals surface area (Å²) in [7, 11) is 2.22. The van der Waals surface area contributed by atoms with Crippen molar-refractivity contribution in [3.8, 4) is 0 Å². The first-order valence-corrected chi connectivity index (χ1v) is 7.13. The summed E-state index contributed by atoms with van der Waals surface area (Å²) in [6.07, 6.45) is 5.47. The van der Waals surface area contributed by atoms with Gasteiger partial charge in [-0.15, -0.1) is 11.6 Å². The molecule has 94 valence electrons. The number of rotatable bonds is 3. The van der Waals surface area contributed by atoms with Crippen LogP contribution in [0.15, 0.2) is 24.3 Å². The fourth-order valence-electron chi connectivity index (χ4n) is 2.88. The van der Waals surface area contributed by atoms with Gasteiger partial charge in [-0.3, -0.25) is 0 Å². The molecule has 1 aliphatic carbocycles. The predicted octanol–water partition coefficient (Wildman–Crippen LogP) is 4.44. The lowest BCUT2D eigenvalue weighted by atomic mass is 9.85. The van der Waals surface area contributed by atoms with Crippen molar-refractivity contribution in [2.24, 2.45) is 5.92 Å². The van der Waals surface area contributed by atoms with Crippen LogP contribution in [0, 0.1) is 5.92 Å². The van der Waals surface area contributed by atoms with Crippen molar-refractivity contribution in [2.45, 2.75) is 44.5 Å². The van der Waals surface area contributed by atoms with Crippen LogP contribution in [0.4, 0.5) is 5.69 Å². The molecule has 1 aromatic carbocycles. The summed E-state index contributed by atoms with van der Waals surface area (Å²) < 4.78 is 0. The maximum Gasteiger partial charge on any atom is 0.0474 e. The maximum absolute atomic E-state index is 5.82. The first kappa shape index (κ1) is 12.8. The van der Waals surface area contributed by atoms with E-state index in [2.05, 4.69) is 43.1 Å². The zero-order chi connectivity index (χ0) is 12.3. The highest BCUT2D eigenvalue weighted by atomic mass is 35.5. The van der Waals surface area contributed by atoms with E-state index in [9.17, 15) is 0 Å². The van der Waals surface area contributed by atoms with Crippen LogP contribution >= 0.6 is 11.6 Å². The third-order valence-electron chi connectivity index (χ3n) is 4.06. The van der Waals surface area contributed by atoms with Crippen LogP contribution in [0.1, 0.15) is 38.2 Å². The third-order valence-corrected chi connectivity index (χ3v) is 4.37. The Balaban J connectivity index is 2.09. The number of hydrogen-bond acceptors (Lipinski definition) is 1. The molecule has 17 heavy (non-hydrogen) atoms. The summed E-state index contributed by atoms with van der Waals surface area (Å²) in [5.74, 6) is 1.41. The second kappa shape index (κ2) is 5.77. The lowest BCUT2D eigenvalue weighted by Gasteiger charge is -2.37. The molecular formula is C15H22ClN. The van der Waals surface area contributed by atoms with E-state index in [4.69, 9.17) is 11.6 Å². The van der Waals surface area contributed by atoms with Gasteiger partial charge in [-0.2, -0.15) is 0 Å². The number of benzene rings is 1. The number of alkyl halides is 1. The van der Waals surface area contributed by atoms with Gasteiger partial charge in [0.2, 0.25) is 0 Å². The van der Waals surface area contributed by atoms with E-state index in [-0.39, 0.29) is 0 Å². The maximum atomic E-state index is 5.82. The average Bonchev–Trinajstić information content (AvgIpc) is 2.39. The molecule has 1 fully saturated rings. The van der Waals surface area contributed by atoms with Crippen molar-refractivity contribution >= 4 is 17.3 Å². The van der Waals surface area contributed by atoms with Crippen molar-refractivity contribution < 1.29 is 0 Å². The molecule has 0 amide bonds. The lowest BCUT2D eigenvalue weighted by Crippen LogP contribution is -2.38. The highest BCUT2D eigenvalue weighted by Gasteiger charge is 2.24. The minimum atomic E-state index is 0.601. The molecule has 1 aliphatic rings. The number of nitrogens with zero attached hydrogens (tertiary/aromatic N) is 1. The Morgan fingerprint density at radius 2 is 1.82 bits per heavy atom. The van der Waals surface area contributed by atoms with E-state index in [1.54, 1.807) is 0 Å². The summed E-state index contributed by atoms with van der Waals surface area (Å²) in [5, 5.41) is 0. The summed E-state index contributed by atoms with van der Waals surface area (Å²) in [6, 6.07) is 9.35. The molecule has 0 heterocycles. The van der Waals surface area contributed by atoms with Crippen molar-refractivity contribution in [2.75, 3.05) is 11.9 Å². The monoisotopic (exact) mass is 251 g/mol. The summed E-state index contributed by atoms with van der Waals surface area (Å²) >= 11 is 5.82. The SMILES string of the molecule is CC1CCCCC1N(C)c1ccc(CCl)cc1. The van der Waals surface area contributed by atoms with E-state index < -0.39 is 0 Å². The summed E-state index contributed by atoms with van der Waals surface area (Å²) in [4.78, 5) is 2.45. The van der Waals surface area contributed by atoms with Gasteiger partial charge >= 0.3 is 0 Å². The van der Waals surface area contributed by atoms with Crippen LogP contribution in [0.25, 0.3) is 0 Å². The van der Waals surface area contributed by atoms with Crippen LogP contribution < -0.4 is 4.90 Å². The molecule has 0 aliphatic heterocycles. The smallest absolute Gasteiger partial charge is 0.0474 e. The molecule has 1 saturated carbocycles. The standard InChI is InChI=1S/C15H22ClN/c1-12-5-3-4-6-15(12)17(2)14-9-7-13(11-16)8-10-14/h7-10,12,15H,3-6,11H2,1-2H3. The normalized spacial score (nSPS) is 24.6. The van der Waals surface area contributed by atoms with E-state index in [0.717, 1.165) is 5.92 Å².